The van der Waals surface area contributed by atoms with E-state index < -0.39 is 5.79 Å². The minimum atomic E-state index is -0.763. The molecule has 0 saturated carbocycles. The lowest BCUT2D eigenvalue weighted by Crippen LogP contribution is -2.52. The molecule has 0 radical (unpaired) electrons. The molecule has 0 N–H and O–H groups in total. The number of ether oxygens (including phenoxy) is 3. The Bertz CT molecular complexity index is 672. The van der Waals surface area contributed by atoms with E-state index >= 15 is 0 Å². The molecule has 1 aliphatic rings. The van der Waals surface area contributed by atoms with Crippen LogP contribution in [0.1, 0.15) is 27.2 Å². The van der Waals surface area contributed by atoms with Crippen LogP contribution in [-0.2, 0) is 16.0 Å². The first-order valence-corrected chi connectivity index (χ1v) is 8.98. The summed E-state index contributed by atoms with van der Waals surface area (Å²) in [6.45, 7) is 7.95. The van der Waals surface area contributed by atoms with Crippen LogP contribution in [0, 0.1) is 5.41 Å². The predicted octanol–water partition coefficient (Wildman–Crippen LogP) is 4.16. The lowest BCUT2D eigenvalue weighted by atomic mass is 9.83. The van der Waals surface area contributed by atoms with Gasteiger partial charge >= 0.3 is 0 Å². The first-order chi connectivity index (χ1) is 11.9. The first-order valence-electron chi connectivity index (χ1n) is 8.60. The monoisotopic (exact) mass is 364 g/mol. The predicted molar refractivity (Wildman–Crippen MR) is 96.8 cm³/mol. The third kappa shape index (κ3) is 4.00. The van der Waals surface area contributed by atoms with Crippen molar-refractivity contribution in [3.8, 4) is 5.75 Å². The van der Waals surface area contributed by atoms with Crippen molar-refractivity contribution in [1.29, 1.82) is 0 Å². The van der Waals surface area contributed by atoms with Crippen molar-refractivity contribution in [1.82, 2.24) is 9.55 Å². The standard InChI is InChI=1S/C19H25ClN2O3/c1-4-16-11-24-19(25-16,12-22-10-9-21-14-22)18(2,3)13-23-17-7-5-15(20)6-8-17/h5-10,14,16H,4,11-13H2,1-3H3. The van der Waals surface area contributed by atoms with E-state index in [1.54, 1.807) is 12.5 Å². The van der Waals surface area contributed by atoms with E-state index in [4.69, 9.17) is 25.8 Å². The fourth-order valence-corrected chi connectivity index (χ4v) is 3.07. The molecule has 0 spiro atoms. The van der Waals surface area contributed by atoms with Crippen LogP contribution in [-0.4, -0.2) is 34.7 Å². The molecule has 2 heterocycles. The van der Waals surface area contributed by atoms with Crippen LogP contribution in [0.3, 0.4) is 0 Å². The summed E-state index contributed by atoms with van der Waals surface area (Å²) in [6, 6.07) is 7.37. The van der Waals surface area contributed by atoms with Crippen LogP contribution in [0.15, 0.2) is 43.0 Å². The molecule has 1 fully saturated rings. The Morgan fingerprint density at radius 2 is 2.12 bits per heavy atom. The van der Waals surface area contributed by atoms with Crippen LogP contribution in [0.25, 0.3) is 0 Å². The zero-order valence-electron chi connectivity index (χ0n) is 14.9. The average molecular weight is 365 g/mol. The number of hydrogen-bond donors (Lipinski definition) is 0. The summed E-state index contributed by atoms with van der Waals surface area (Å²) in [7, 11) is 0. The second kappa shape index (κ2) is 7.36. The summed E-state index contributed by atoms with van der Waals surface area (Å²) in [6.07, 6.45) is 6.48. The molecule has 1 saturated heterocycles. The van der Waals surface area contributed by atoms with Gasteiger partial charge < -0.3 is 18.8 Å². The van der Waals surface area contributed by atoms with Crippen molar-refractivity contribution in [3.05, 3.63) is 48.0 Å². The fraction of sp³-hybridized carbons (Fsp3) is 0.526. The molecule has 1 aliphatic heterocycles. The highest BCUT2D eigenvalue weighted by Gasteiger charge is 2.53. The van der Waals surface area contributed by atoms with Gasteiger partial charge in [0.2, 0.25) is 0 Å². The van der Waals surface area contributed by atoms with E-state index in [0.29, 0.717) is 24.8 Å². The topological polar surface area (TPSA) is 45.5 Å². The van der Waals surface area contributed by atoms with Crippen LogP contribution in [0.5, 0.6) is 5.75 Å². The molecule has 5 nitrogen and oxygen atoms in total. The van der Waals surface area contributed by atoms with Gasteiger partial charge in [-0.1, -0.05) is 32.4 Å². The molecular formula is C19H25ClN2O3. The number of hydrogen-bond acceptors (Lipinski definition) is 4. The summed E-state index contributed by atoms with van der Waals surface area (Å²) in [5, 5.41) is 0.691. The van der Waals surface area contributed by atoms with E-state index in [-0.39, 0.29) is 11.5 Å². The van der Waals surface area contributed by atoms with E-state index in [1.165, 1.54) is 0 Å². The van der Waals surface area contributed by atoms with Gasteiger partial charge in [0.15, 0.2) is 5.79 Å². The highest BCUT2D eigenvalue weighted by atomic mass is 35.5. The first kappa shape index (κ1) is 18.2. The fourth-order valence-electron chi connectivity index (χ4n) is 2.94. The Kier molecular flexibility index (Phi) is 5.37. The zero-order valence-corrected chi connectivity index (χ0v) is 15.7. The van der Waals surface area contributed by atoms with Gasteiger partial charge in [-0.05, 0) is 30.7 Å². The van der Waals surface area contributed by atoms with Gasteiger partial charge in [0.25, 0.3) is 0 Å². The zero-order chi connectivity index (χ0) is 17.9. The lowest BCUT2D eigenvalue weighted by Gasteiger charge is -2.42. The summed E-state index contributed by atoms with van der Waals surface area (Å²) in [5.41, 5.74) is -0.374. The van der Waals surface area contributed by atoms with Crippen LogP contribution in [0.2, 0.25) is 5.02 Å². The number of halogens is 1. The number of rotatable bonds is 7. The van der Waals surface area contributed by atoms with Gasteiger partial charge in [-0.3, -0.25) is 0 Å². The Labute approximate surface area is 153 Å². The highest BCUT2D eigenvalue weighted by molar-refractivity contribution is 6.30. The Morgan fingerprint density at radius 3 is 2.72 bits per heavy atom. The van der Waals surface area contributed by atoms with Crippen molar-refractivity contribution in [2.45, 2.75) is 45.6 Å². The Balaban J connectivity index is 1.77. The molecule has 1 aromatic heterocycles. The van der Waals surface area contributed by atoms with E-state index in [9.17, 15) is 0 Å². The number of benzene rings is 1. The van der Waals surface area contributed by atoms with Gasteiger partial charge in [-0.25, -0.2) is 4.98 Å². The molecule has 25 heavy (non-hydrogen) atoms. The maximum atomic E-state index is 6.37. The normalized spacial score (nSPS) is 23.8. The van der Waals surface area contributed by atoms with Crippen molar-refractivity contribution in [3.63, 3.8) is 0 Å². The molecule has 0 aliphatic carbocycles. The number of nitrogens with zero attached hydrogens (tertiary/aromatic N) is 2. The second-order valence-electron chi connectivity index (χ2n) is 7.07. The SMILES string of the molecule is CCC1COC(Cn2ccnc2)(C(C)(C)COc2ccc(Cl)cc2)O1. The molecule has 1 aromatic carbocycles. The summed E-state index contributed by atoms with van der Waals surface area (Å²) in [5.74, 6) is 0.0150. The Hall–Kier alpha value is -1.56. The van der Waals surface area contributed by atoms with Gasteiger partial charge in [-0.2, -0.15) is 0 Å². The molecule has 2 unspecified atom stereocenters. The van der Waals surface area contributed by atoms with Crippen LogP contribution >= 0.6 is 11.6 Å². The van der Waals surface area contributed by atoms with Gasteiger partial charge in [0.05, 0.1) is 37.6 Å². The van der Waals surface area contributed by atoms with Crippen LogP contribution in [0.4, 0.5) is 0 Å². The molecule has 2 aromatic rings. The van der Waals surface area contributed by atoms with Gasteiger partial charge in [-0.15, -0.1) is 0 Å². The summed E-state index contributed by atoms with van der Waals surface area (Å²) in [4.78, 5) is 4.13. The average Bonchev–Trinajstić information content (AvgIpc) is 3.25. The van der Waals surface area contributed by atoms with Crippen molar-refractivity contribution in [2.75, 3.05) is 13.2 Å². The lowest BCUT2D eigenvalue weighted by molar-refractivity contribution is -0.251. The van der Waals surface area contributed by atoms with E-state index in [2.05, 4.69) is 25.8 Å². The van der Waals surface area contributed by atoms with Crippen molar-refractivity contribution >= 4 is 11.6 Å². The molecule has 136 valence electrons. The smallest absolute Gasteiger partial charge is 0.195 e. The quantitative estimate of drug-likeness (QED) is 0.740. The molecule has 6 heteroatoms. The highest BCUT2D eigenvalue weighted by Crippen LogP contribution is 2.42. The third-order valence-corrected chi connectivity index (χ3v) is 4.96. The van der Waals surface area contributed by atoms with Crippen molar-refractivity contribution in [2.24, 2.45) is 5.41 Å². The largest absolute Gasteiger partial charge is 0.493 e. The van der Waals surface area contributed by atoms with Crippen molar-refractivity contribution < 1.29 is 14.2 Å². The molecule has 0 bridgehead atoms. The third-order valence-electron chi connectivity index (χ3n) is 4.71. The summed E-state index contributed by atoms with van der Waals surface area (Å²) >= 11 is 5.93. The maximum absolute atomic E-state index is 6.37. The van der Waals surface area contributed by atoms with E-state index in [1.807, 2.05) is 35.0 Å². The van der Waals surface area contributed by atoms with Crippen LogP contribution < -0.4 is 4.74 Å². The minimum absolute atomic E-state index is 0.0957. The summed E-state index contributed by atoms with van der Waals surface area (Å²) < 4.78 is 20.6. The van der Waals surface area contributed by atoms with Gasteiger partial charge in [0.1, 0.15) is 5.75 Å². The number of imidazole rings is 1. The minimum Gasteiger partial charge on any atom is -0.493 e. The second-order valence-corrected chi connectivity index (χ2v) is 7.51. The van der Waals surface area contributed by atoms with Gasteiger partial charge in [0, 0.05) is 17.4 Å². The molecular weight excluding hydrogens is 340 g/mol. The molecule has 0 amide bonds. The Morgan fingerprint density at radius 1 is 1.36 bits per heavy atom. The maximum Gasteiger partial charge on any atom is 0.195 e. The molecule has 3 rings (SSSR count). The molecule has 2 atom stereocenters. The number of aromatic nitrogens is 2. The van der Waals surface area contributed by atoms with E-state index in [0.717, 1.165) is 12.2 Å².